The SMILES string of the molecule is CCCCCN(C(=O)NC(C)(C)C)C(C)c1nc2ccccc2c(=O)n1-c1cc(OC)cc(OC)c1Br. The lowest BCUT2D eigenvalue weighted by atomic mass is 10.1. The second-order valence-corrected chi connectivity index (χ2v) is 10.8. The van der Waals surface area contributed by atoms with Gasteiger partial charge in [-0.15, -0.1) is 0 Å². The molecule has 0 aliphatic heterocycles. The number of urea groups is 1. The number of rotatable bonds is 9. The average Bonchev–Trinajstić information content (AvgIpc) is 2.85. The van der Waals surface area contributed by atoms with Crippen molar-refractivity contribution < 1.29 is 14.3 Å². The Kier molecular flexibility index (Phi) is 9.23. The van der Waals surface area contributed by atoms with E-state index in [0.717, 1.165) is 19.3 Å². The first-order valence-electron chi connectivity index (χ1n) is 12.5. The van der Waals surface area contributed by atoms with Gasteiger partial charge in [0, 0.05) is 24.2 Å². The minimum Gasteiger partial charge on any atom is -0.497 e. The van der Waals surface area contributed by atoms with E-state index in [2.05, 4.69) is 28.2 Å². The Morgan fingerprint density at radius 1 is 1.16 bits per heavy atom. The van der Waals surface area contributed by atoms with Gasteiger partial charge < -0.3 is 19.7 Å². The highest BCUT2D eigenvalue weighted by Crippen LogP contribution is 2.37. The fourth-order valence-electron chi connectivity index (χ4n) is 4.19. The van der Waals surface area contributed by atoms with Crippen LogP contribution in [0.1, 0.15) is 65.7 Å². The average molecular weight is 574 g/mol. The maximum Gasteiger partial charge on any atom is 0.318 e. The third-order valence-electron chi connectivity index (χ3n) is 6.08. The van der Waals surface area contributed by atoms with Crippen LogP contribution in [0.2, 0.25) is 0 Å². The standard InChI is InChI=1S/C28H37BrN4O4/c1-8-9-12-15-32(27(35)31-28(3,4)5)18(2)25-30-21-14-11-10-13-20(21)26(34)33(25)22-16-19(36-6)17-23(37-7)24(22)29/h10-11,13-14,16-18H,8-9,12,15H2,1-7H3,(H,31,35). The van der Waals surface area contributed by atoms with E-state index < -0.39 is 11.6 Å². The highest BCUT2D eigenvalue weighted by atomic mass is 79.9. The molecule has 0 saturated heterocycles. The van der Waals surface area contributed by atoms with Crippen LogP contribution < -0.4 is 20.3 Å². The fraction of sp³-hybridized carbons (Fsp3) is 0.464. The molecule has 37 heavy (non-hydrogen) atoms. The zero-order valence-electron chi connectivity index (χ0n) is 22.7. The zero-order chi connectivity index (χ0) is 27.3. The predicted molar refractivity (Wildman–Crippen MR) is 151 cm³/mol. The van der Waals surface area contributed by atoms with Gasteiger partial charge in [0.05, 0.1) is 41.3 Å². The molecule has 0 radical (unpaired) electrons. The van der Waals surface area contributed by atoms with Crippen molar-refractivity contribution in [3.63, 3.8) is 0 Å². The number of hydrogen-bond donors (Lipinski definition) is 1. The van der Waals surface area contributed by atoms with Crippen LogP contribution in [0.15, 0.2) is 45.7 Å². The summed E-state index contributed by atoms with van der Waals surface area (Å²) in [4.78, 5) is 34.2. The second-order valence-electron chi connectivity index (χ2n) is 10.0. The number of carbonyl (C=O) groups excluding carboxylic acids is 1. The summed E-state index contributed by atoms with van der Waals surface area (Å²) < 4.78 is 13.2. The molecule has 1 heterocycles. The van der Waals surface area contributed by atoms with Crippen molar-refractivity contribution in [3.8, 4) is 17.2 Å². The molecule has 0 fully saturated rings. The summed E-state index contributed by atoms with van der Waals surface area (Å²) in [6.07, 6.45) is 2.86. The first kappa shape index (κ1) is 28.5. The van der Waals surface area contributed by atoms with E-state index in [1.807, 2.05) is 45.9 Å². The van der Waals surface area contributed by atoms with Crippen molar-refractivity contribution in [1.29, 1.82) is 0 Å². The largest absolute Gasteiger partial charge is 0.497 e. The van der Waals surface area contributed by atoms with Crippen LogP contribution in [0.5, 0.6) is 11.5 Å². The van der Waals surface area contributed by atoms with Crippen LogP contribution in [-0.2, 0) is 0 Å². The topological polar surface area (TPSA) is 85.7 Å². The van der Waals surface area contributed by atoms with E-state index in [4.69, 9.17) is 14.5 Å². The Morgan fingerprint density at radius 2 is 1.86 bits per heavy atom. The number of nitrogens with zero attached hydrogens (tertiary/aromatic N) is 3. The number of amides is 2. The molecule has 9 heteroatoms. The van der Waals surface area contributed by atoms with E-state index in [1.165, 1.54) is 0 Å². The van der Waals surface area contributed by atoms with Gasteiger partial charge in [0.15, 0.2) is 0 Å². The Bertz CT molecular complexity index is 1320. The first-order valence-corrected chi connectivity index (χ1v) is 13.3. The molecule has 0 saturated carbocycles. The number of ether oxygens (including phenoxy) is 2. The molecule has 200 valence electrons. The summed E-state index contributed by atoms with van der Waals surface area (Å²) in [7, 11) is 3.12. The van der Waals surface area contributed by atoms with Crippen molar-refractivity contribution in [2.45, 2.75) is 65.5 Å². The van der Waals surface area contributed by atoms with E-state index in [9.17, 15) is 9.59 Å². The van der Waals surface area contributed by atoms with E-state index >= 15 is 0 Å². The Hall–Kier alpha value is -3.07. The predicted octanol–water partition coefficient (Wildman–Crippen LogP) is 6.23. The third kappa shape index (κ3) is 6.44. The van der Waals surface area contributed by atoms with Crippen LogP contribution in [0.25, 0.3) is 16.6 Å². The number of benzene rings is 2. The van der Waals surface area contributed by atoms with Gasteiger partial charge in [0.2, 0.25) is 0 Å². The lowest BCUT2D eigenvalue weighted by Gasteiger charge is -2.33. The lowest BCUT2D eigenvalue weighted by molar-refractivity contribution is 0.166. The van der Waals surface area contributed by atoms with Crippen molar-refractivity contribution in [1.82, 2.24) is 19.8 Å². The maximum absolute atomic E-state index is 14.0. The molecule has 1 unspecified atom stereocenters. The van der Waals surface area contributed by atoms with Crippen LogP contribution in [0, 0.1) is 0 Å². The van der Waals surface area contributed by atoms with Crippen LogP contribution in [0.4, 0.5) is 4.79 Å². The van der Waals surface area contributed by atoms with Gasteiger partial charge in [-0.2, -0.15) is 0 Å². The molecule has 2 amide bonds. The fourth-order valence-corrected chi connectivity index (χ4v) is 4.75. The third-order valence-corrected chi connectivity index (χ3v) is 6.88. The van der Waals surface area contributed by atoms with Gasteiger partial charge in [-0.1, -0.05) is 31.9 Å². The number of hydrogen-bond acceptors (Lipinski definition) is 5. The van der Waals surface area contributed by atoms with Gasteiger partial charge in [0.25, 0.3) is 5.56 Å². The van der Waals surface area contributed by atoms with Gasteiger partial charge in [0.1, 0.15) is 17.3 Å². The number of carbonyl (C=O) groups is 1. The second kappa shape index (κ2) is 12.0. The van der Waals surface area contributed by atoms with Crippen molar-refractivity contribution in [3.05, 3.63) is 57.0 Å². The summed E-state index contributed by atoms with van der Waals surface area (Å²) in [5, 5.41) is 3.55. The van der Waals surface area contributed by atoms with Gasteiger partial charge >= 0.3 is 6.03 Å². The summed E-state index contributed by atoms with van der Waals surface area (Å²) >= 11 is 3.62. The van der Waals surface area contributed by atoms with Crippen LogP contribution >= 0.6 is 15.9 Å². The quantitative estimate of drug-likeness (QED) is 0.307. The Labute approximate surface area is 227 Å². The van der Waals surface area contributed by atoms with E-state index in [1.54, 1.807) is 41.9 Å². The molecule has 1 aromatic heterocycles. The highest BCUT2D eigenvalue weighted by molar-refractivity contribution is 9.10. The normalized spacial score (nSPS) is 12.3. The molecule has 8 nitrogen and oxygen atoms in total. The summed E-state index contributed by atoms with van der Waals surface area (Å²) in [5.41, 5.74) is 0.431. The maximum atomic E-state index is 14.0. The highest BCUT2D eigenvalue weighted by Gasteiger charge is 2.29. The summed E-state index contributed by atoms with van der Waals surface area (Å²) in [6, 6.07) is 10.0. The number of unbranched alkanes of at least 4 members (excludes halogenated alkanes) is 2. The molecule has 1 N–H and O–H groups in total. The van der Waals surface area contributed by atoms with Gasteiger partial charge in [-0.25, -0.2) is 9.78 Å². The van der Waals surface area contributed by atoms with Gasteiger partial charge in [-0.05, 0) is 62.2 Å². The number of nitrogens with one attached hydrogen (secondary N) is 1. The molecule has 1 atom stereocenters. The van der Waals surface area contributed by atoms with Crippen LogP contribution in [-0.4, -0.2) is 46.8 Å². The number of aromatic nitrogens is 2. The van der Waals surface area contributed by atoms with Gasteiger partial charge in [-0.3, -0.25) is 9.36 Å². The molecular weight excluding hydrogens is 536 g/mol. The molecule has 0 bridgehead atoms. The molecule has 0 aliphatic rings. The molecule has 0 spiro atoms. The summed E-state index contributed by atoms with van der Waals surface area (Å²) in [5.74, 6) is 1.48. The summed E-state index contributed by atoms with van der Waals surface area (Å²) in [6.45, 7) is 10.4. The molecular formula is C28H37BrN4O4. The monoisotopic (exact) mass is 572 g/mol. The Balaban J connectivity index is 2.30. The number of para-hydroxylation sites is 1. The number of fused-ring (bicyclic) bond motifs is 1. The lowest BCUT2D eigenvalue weighted by Crippen LogP contribution is -2.50. The van der Waals surface area contributed by atoms with Crippen molar-refractivity contribution in [2.24, 2.45) is 0 Å². The van der Waals surface area contributed by atoms with E-state index in [-0.39, 0.29) is 11.6 Å². The Morgan fingerprint density at radius 3 is 2.49 bits per heavy atom. The minimum absolute atomic E-state index is 0.202. The van der Waals surface area contributed by atoms with E-state index in [0.29, 0.717) is 44.9 Å². The molecule has 0 aliphatic carbocycles. The zero-order valence-corrected chi connectivity index (χ0v) is 24.3. The first-order chi connectivity index (χ1) is 17.5. The van der Waals surface area contributed by atoms with Crippen molar-refractivity contribution in [2.75, 3.05) is 20.8 Å². The molecule has 2 aromatic carbocycles. The number of halogens is 1. The molecule has 3 aromatic rings. The number of methoxy groups -OCH3 is 2. The molecule has 3 rings (SSSR count). The van der Waals surface area contributed by atoms with Crippen LogP contribution in [0.3, 0.4) is 0 Å². The smallest absolute Gasteiger partial charge is 0.318 e. The van der Waals surface area contributed by atoms with Crippen molar-refractivity contribution >= 4 is 32.9 Å². The minimum atomic E-state index is -0.513.